The van der Waals surface area contributed by atoms with Gasteiger partial charge < -0.3 is 19.6 Å². The third-order valence-corrected chi connectivity index (χ3v) is 5.22. The molecule has 1 aromatic heterocycles. The van der Waals surface area contributed by atoms with Crippen LogP contribution in [0.5, 0.6) is 5.88 Å². The highest BCUT2D eigenvalue weighted by atomic mass is 19.1. The Labute approximate surface area is 170 Å². The molecule has 0 spiro atoms. The predicted octanol–water partition coefficient (Wildman–Crippen LogP) is 2.67. The first kappa shape index (κ1) is 21.2. The largest absolute Gasteiger partial charge is 0.472 e. The van der Waals surface area contributed by atoms with Gasteiger partial charge in [-0.05, 0) is 44.8 Å². The number of hydrogen-bond donors (Lipinski definition) is 1. The average Bonchev–Trinajstić information content (AvgIpc) is 2.69. The normalized spacial score (nSPS) is 20.7. The van der Waals surface area contributed by atoms with E-state index in [0.29, 0.717) is 29.8 Å². The molecule has 1 aromatic carbocycles. The number of carbonyl (C=O) groups excluding carboxylic acids is 1. The number of fused-ring (bicyclic) bond motifs is 1. The topological polar surface area (TPSA) is 65.9 Å². The lowest BCUT2D eigenvalue weighted by Gasteiger charge is -2.37. The van der Waals surface area contributed by atoms with E-state index in [1.807, 2.05) is 32.8 Å². The van der Waals surface area contributed by atoms with Gasteiger partial charge in [-0.2, -0.15) is 0 Å². The maximum Gasteiger partial charge on any atom is 0.259 e. The van der Waals surface area contributed by atoms with Crippen LogP contribution >= 0.6 is 0 Å². The lowest BCUT2D eigenvalue weighted by Crippen LogP contribution is -2.49. The van der Waals surface area contributed by atoms with E-state index in [1.165, 1.54) is 12.1 Å². The molecule has 1 amide bonds. The molecule has 0 fully saturated rings. The molecular formula is C22H28FN3O3. The number of pyridine rings is 1. The van der Waals surface area contributed by atoms with Crippen molar-refractivity contribution in [2.45, 2.75) is 26.0 Å². The van der Waals surface area contributed by atoms with Gasteiger partial charge in [0.1, 0.15) is 17.5 Å². The van der Waals surface area contributed by atoms with Crippen molar-refractivity contribution in [1.29, 1.82) is 0 Å². The summed E-state index contributed by atoms with van der Waals surface area (Å²) in [4.78, 5) is 21.4. The number of carbonyl (C=O) groups is 1. The monoisotopic (exact) mass is 401 g/mol. The molecule has 0 unspecified atom stereocenters. The first-order valence-electron chi connectivity index (χ1n) is 9.79. The van der Waals surface area contributed by atoms with Gasteiger partial charge in [0.05, 0.1) is 12.6 Å². The molecule has 0 radical (unpaired) electrons. The Kier molecular flexibility index (Phi) is 6.49. The average molecular weight is 401 g/mol. The molecule has 3 atom stereocenters. The summed E-state index contributed by atoms with van der Waals surface area (Å²) in [6, 6.07) is 7.52. The number of amides is 1. The minimum atomic E-state index is -0.354. The zero-order valence-electron chi connectivity index (χ0n) is 17.3. The fraction of sp³-hybridized carbons (Fsp3) is 0.455. The molecule has 1 N–H and O–H groups in total. The summed E-state index contributed by atoms with van der Waals surface area (Å²) >= 11 is 0. The molecule has 1 aliphatic rings. The number of hydrogen-bond acceptors (Lipinski definition) is 5. The molecule has 156 valence electrons. The smallest absolute Gasteiger partial charge is 0.259 e. The van der Waals surface area contributed by atoms with Gasteiger partial charge in [-0.25, -0.2) is 9.37 Å². The van der Waals surface area contributed by atoms with Gasteiger partial charge in [0.15, 0.2) is 0 Å². The van der Waals surface area contributed by atoms with Crippen molar-refractivity contribution in [1.82, 2.24) is 14.8 Å². The van der Waals surface area contributed by atoms with E-state index in [9.17, 15) is 14.3 Å². The van der Waals surface area contributed by atoms with Crippen LogP contribution in [0.4, 0.5) is 4.39 Å². The Bertz CT molecular complexity index is 874. The summed E-state index contributed by atoms with van der Waals surface area (Å²) < 4.78 is 19.8. The molecule has 0 bridgehead atoms. The molecule has 6 nitrogen and oxygen atoms in total. The van der Waals surface area contributed by atoms with Crippen LogP contribution in [0.2, 0.25) is 0 Å². The summed E-state index contributed by atoms with van der Waals surface area (Å²) in [5.74, 6) is -0.286. The molecule has 7 heteroatoms. The van der Waals surface area contributed by atoms with Crippen LogP contribution in [0.25, 0.3) is 11.1 Å². The number of ether oxygens (including phenoxy) is 1. The SMILES string of the molecule is C[C@@H]1CN([C@@H](C)CO)C(=O)c2cc(-c3cccc(F)c3)cnc2O[C@@H]1CN(C)C. The Morgan fingerprint density at radius 2 is 2.10 bits per heavy atom. The Morgan fingerprint density at radius 1 is 1.34 bits per heavy atom. The molecular weight excluding hydrogens is 373 g/mol. The highest BCUT2D eigenvalue weighted by molar-refractivity contribution is 5.98. The lowest BCUT2D eigenvalue weighted by molar-refractivity contribution is 0.0348. The van der Waals surface area contributed by atoms with Crippen molar-refractivity contribution in [3.05, 3.63) is 47.9 Å². The molecule has 0 saturated heterocycles. The van der Waals surface area contributed by atoms with Crippen LogP contribution < -0.4 is 4.74 Å². The number of aliphatic hydroxyl groups is 1. The number of benzene rings is 1. The van der Waals surface area contributed by atoms with E-state index < -0.39 is 0 Å². The highest BCUT2D eigenvalue weighted by Gasteiger charge is 2.34. The molecule has 1 aliphatic heterocycles. The maximum absolute atomic E-state index is 13.7. The second kappa shape index (κ2) is 8.88. The first-order chi connectivity index (χ1) is 13.8. The number of likely N-dealkylation sites (N-methyl/N-ethyl adjacent to an activating group) is 1. The zero-order valence-corrected chi connectivity index (χ0v) is 17.3. The van der Waals surface area contributed by atoms with E-state index in [1.54, 1.807) is 29.3 Å². The third-order valence-electron chi connectivity index (χ3n) is 5.22. The molecule has 3 rings (SSSR count). The van der Waals surface area contributed by atoms with Gasteiger partial charge in [-0.1, -0.05) is 19.1 Å². The molecule has 2 heterocycles. The van der Waals surface area contributed by atoms with Gasteiger partial charge in [0.25, 0.3) is 5.91 Å². The predicted molar refractivity (Wildman–Crippen MR) is 109 cm³/mol. The van der Waals surface area contributed by atoms with Crippen LogP contribution in [0.15, 0.2) is 36.5 Å². The molecule has 2 aromatic rings. The number of nitrogens with zero attached hydrogens (tertiary/aromatic N) is 3. The van der Waals surface area contributed by atoms with Crippen LogP contribution in [-0.4, -0.2) is 71.7 Å². The number of rotatable bonds is 5. The zero-order chi connectivity index (χ0) is 21.1. The van der Waals surface area contributed by atoms with Crippen molar-refractivity contribution in [2.24, 2.45) is 5.92 Å². The summed E-state index contributed by atoms with van der Waals surface area (Å²) in [6.07, 6.45) is 1.43. The third kappa shape index (κ3) is 4.74. The van der Waals surface area contributed by atoms with Crippen molar-refractivity contribution in [3.8, 4) is 17.0 Å². The Morgan fingerprint density at radius 3 is 2.76 bits per heavy atom. The molecule has 0 aliphatic carbocycles. The van der Waals surface area contributed by atoms with Gasteiger partial charge in [0.2, 0.25) is 5.88 Å². The summed E-state index contributed by atoms with van der Waals surface area (Å²) in [5, 5.41) is 9.68. The van der Waals surface area contributed by atoms with Gasteiger partial charge in [-0.3, -0.25) is 4.79 Å². The fourth-order valence-electron chi connectivity index (χ4n) is 3.51. The van der Waals surface area contributed by atoms with Crippen LogP contribution in [0, 0.1) is 11.7 Å². The number of aromatic nitrogens is 1. The summed E-state index contributed by atoms with van der Waals surface area (Å²) in [6.45, 7) is 4.85. The van der Waals surface area contributed by atoms with Gasteiger partial charge >= 0.3 is 0 Å². The maximum atomic E-state index is 13.7. The van der Waals surface area contributed by atoms with Crippen molar-refractivity contribution in [2.75, 3.05) is 33.8 Å². The number of halogens is 1. The van der Waals surface area contributed by atoms with E-state index in [0.717, 1.165) is 0 Å². The van der Waals surface area contributed by atoms with Crippen molar-refractivity contribution in [3.63, 3.8) is 0 Å². The molecule has 0 saturated carbocycles. The second-order valence-corrected chi connectivity index (χ2v) is 7.97. The Balaban J connectivity index is 2.08. The van der Waals surface area contributed by atoms with Gasteiger partial charge in [-0.15, -0.1) is 0 Å². The van der Waals surface area contributed by atoms with E-state index in [-0.39, 0.29) is 42.3 Å². The fourth-order valence-corrected chi connectivity index (χ4v) is 3.51. The summed E-state index contributed by atoms with van der Waals surface area (Å²) in [5.41, 5.74) is 1.59. The standard InChI is InChI=1S/C22H28FN3O3/c1-14-11-26(15(2)13-27)22(28)19-9-17(16-6-5-7-18(23)8-16)10-24-21(19)29-20(14)12-25(3)4/h5-10,14-15,20,27H,11-13H2,1-4H3/t14-,15+,20-/m1/s1. The van der Waals surface area contributed by atoms with E-state index >= 15 is 0 Å². The van der Waals surface area contributed by atoms with Crippen LogP contribution in [0.3, 0.4) is 0 Å². The quantitative estimate of drug-likeness (QED) is 0.835. The minimum absolute atomic E-state index is 0.0493. The van der Waals surface area contributed by atoms with E-state index in [2.05, 4.69) is 4.98 Å². The van der Waals surface area contributed by atoms with Crippen molar-refractivity contribution < 1.29 is 19.0 Å². The highest BCUT2D eigenvalue weighted by Crippen LogP contribution is 2.30. The summed E-state index contributed by atoms with van der Waals surface area (Å²) in [7, 11) is 3.94. The second-order valence-electron chi connectivity index (χ2n) is 7.97. The Hall–Kier alpha value is -2.51. The lowest BCUT2D eigenvalue weighted by atomic mass is 9.99. The van der Waals surface area contributed by atoms with Crippen LogP contribution in [0.1, 0.15) is 24.2 Å². The minimum Gasteiger partial charge on any atom is -0.472 e. The van der Waals surface area contributed by atoms with Crippen molar-refractivity contribution >= 4 is 5.91 Å². The first-order valence-corrected chi connectivity index (χ1v) is 9.79. The van der Waals surface area contributed by atoms with Gasteiger partial charge in [0, 0.05) is 30.8 Å². The van der Waals surface area contributed by atoms with Crippen LogP contribution in [-0.2, 0) is 0 Å². The van der Waals surface area contributed by atoms with E-state index in [4.69, 9.17) is 4.74 Å². The molecule has 29 heavy (non-hydrogen) atoms. The number of aliphatic hydroxyl groups excluding tert-OH is 1.